The van der Waals surface area contributed by atoms with Gasteiger partial charge in [0.05, 0.1) is 27.6 Å². The second kappa shape index (κ2) is 9.13. The highest BCUT2D eigenvalue weighted by Gasteiger charge is 2.29. The molecule has 7 aromatic carbocycles. The lowest BCUT2D eigenvalue weighted by molar-refractivity contribution is 0.954. The zero-order valence-corrected chi connectivity index (χ0v) is 27.7. The van der Waals surface area contributed by atoms with Crippen LogP contribution >= 0.6 is 11.3 Å². The number of hydrogen-bond acceptors (Lipinski definition) is 4. The molecular weight excluding hydrogens is 643 g/mol. The zero-order chi connectivity index (χ0) is 32.9. The highest BCUT2D eigenvalue weighted by molar-refractivity contribution is 7.26. The molecule has 6 heterocycles. The van der Waals surface area contributed by atoms with Crippen LogP contribution in [0.5, 0.6) is 0 Å². The van der Waals surface area contributed by atoms with Crippen molar-refractivity contribution in [2.24, 2.45) is 0 Å². The number of thiophene rings is 1. The maximum atomic E-state index is 5.28. The molecule has 0 aliphatic heterocycles. The fourth-order valence-electron chi connectivity index (χ4n) is 8.93. The summed E-state index contributed by atoms with van der Waals surface area (Å²) >= 11 is 1.89. The highest BCUT2D eigenvalue weighted by atomic mass is 32.1. The van der Waals surface area contributed by atoms with Crippen molar-refractivity contribution in [2.45, 2.75) is 0 Å². The van der Waals surface area contributed by atoms with Gasteiger partial charge in [-0.25, -0.2) is 4.98 Å². The molecule has 0 amide bonds. The quantitative estimate of drug-likeness (QED) is 0.188. The number of rotatable bonds is 4. The Kier molecular flexibility index (Phi) is 4.70. The third kappa shape index (κ3) is 3.20. The first-order chi connectivity index (χ1) is 25.3. The van der Waals surface area contributed by atoms with Crippen molar-refractivity contribution in [2.75, 3.05) is 0 Å². The van der Waals surface area contributed by atoms with Crippen LogP contribution in [0.1, 0.15) is 0 Å². The van der Waals surface area contributed by atoms with E-state index in [-0.39, 0.29) is 0 Å². The molecule has 0 saturated heterocycles. The number of nitrogens with zero attached hydrogens (tertiary/aromatic N) is 5. The van der Waals surface area contributed by atoms with E-state index in [9.17, 15) is 0 Å². The maximum Gasteiger partial charge on any atom is 0.238 e. The fourth-order valence-corrected chi connectivity index (χ4v) is 10.0. The number of benzene rings is 7. The molecule has 6 aromatic heterocycles. The summed E-state index contributed by atoms with van der Waals surface area (Å²) in [5.74, 6) is 1.91. The highest BCUT2D eigenvalue weighted by Crippen LogP contribution is 2.53. The van der Waals surface area contributed by atoms with Crippen LogP contribution in [-0.2, 0) is 0 Å². The number of hydrogen-bond donors (Lipinski definition) is 0. The molecule has 0 atom stereocenters. The van der Waals surface area contributed by atoms with Gasteiger partial charge in [0.2, 0.25) is 5.95 Å². The first-order valence-corrected chi connectivity index (χ1v) is 18.0. The van der Waals surface area contributed by atoms with Crippen LogP contribution in [0.25, 0.3) is 120 Å². The Bertz CT molecular complexity index is 3450. The number of aromatic nitrogens is 5. The van der Waals surface area contributed by atoms with Gasteiger partial charge in [-0.1, -0.05) is 115 Å². The lowest BCUT2D eigenvalue weighted by Crippen LogP contribution is -2.06. The van der Waals surface area contributed by atoms with Crippen LogP contribution in [0.2, 0.25) is 0 Å². The van der Waals surface area contributed by atoms with Crippen molar-refractivity contribution in [3.63, 3.8) is 0 Å². The van der Waals surface area contributed by atoms with Gasteiger partial charge in [0.25, 0.3) is 0 Å². The smallest absolute Gasteiger partial charge is 0.238 e. The second-order valence-corrected chi connectivity index (χ2v) is 14.7. The standard InChI is InChI=1S/C45H23N5S/c1-3-8-24(9-4-1)25-14-16-27(17-15-25)44-46-43(26-10-5-2-6-11-26)47-45(48-44)49-32-21-23-34-38-36(32)37-33(49)20-18-30-28-12-7-13-29-31-19-22-35(51-34)39(38)42(31)50(40(28)29)41(30)37/h1-23H. The largest absolute Gasteiger partial charge is 0.307 e. The molecule has 0 N–H and O–H groups in total. The van der Waals surface area contributed by atoms with Crippen LogP contribution in [0.3, 0.4) is 0 Å². The SMILES string of the molecule is c1ccc(-c2ccc(-c3nc(-c4ccccc4)nc(-n4c5ccc6sc7ccc8c9cccc%10c%11ccc4c4c5c6c7c8n(c9%10)c%114)n3)cc2)cc1. The van der Waals surface area contributed by atoms with Crippen LogP contribution < -0.4 is 0 Å². The van der Waals surface area contributed by atoms with Crippen LogP contribution in [0.15, 0.2) is 140 Å². The van der Waals surface area contributed by atoms with Gasteiger partial charge in [0.15, 0.2) is 11.6 Å². The number of fused-ring (bicyclic) bond motifs is 2. The van der Waals surface area contributed by atoms with E-state index in [1.165, 1.54) is 74.6 Å². The summed E-state index contributed by atoms with van der Waals surface area (Å²) in [6.45, 7) is 0. The molecule has 0 saturated carbocycles. The molecule has 51 heavy (non-hydrogen) atoms. The predicted molar refractivity (Wildman–Crippen MR) is 212 cm³/mol. The molecule has 0 aliphatic carbocycles. The summed E-state index contributed by atoms with van der Waals surface area (Å²) in [4.78, 5) is 15.6. The van der Waals surface area contributed by atoms with Gasteiger partial charge < -0.3 is 4.40 Å². The first-order valence-electron chi connectivity index (χ1n) is 17.2. The van der Waals surface area contributed by atoms with E-state index in [2.05, 4.69) is 124 Å². The minimum Gasteiger partial charge on any atom is -0.307 e. The molecule has 5 nitrogen and oxygen atoms in total. The maximum absolute atomic E-state index is 5.28. The summed E-state index contributed by atoms with van der Waals surface area (Å²) < 4.78 is 7.47. The topological polar surface area (TPSA) is 48.0 Å². The molecule has 6 heteroatoms. The van der Waals surface area contributed by atoms with Crippen LogP contribution in [-0.4, -0.2) is 23.9 Å². The molecule has 0 aliphatic rings. The Morgan fingerprint density at radius 2 is 0.902 bits per heavy atom. The van der Waals surface area contributed by atoms with Gasteiger partial charge in [-0.3, -0.25) is 4.57 Å². The lowest BCUT2D eigenvalue weighted by atomic mass is 10.0. The van der Waals surface area contributed by atoms with E-state index < -0.39 is 0 Å². The Hall–Kier alpha value is -6.63. The summed E-state index contributed by atoms with van der Waals surface area (Å²) in [6.07, 6.45) is 0. The van der Waals surface area contributed by atoms with Crippen LogP contribution in [0, 0.1) is 0 Å². The minimum absolute atomic E-state index is 0.615. The van der Waals surface area contributed by atoms with E-state index in [0.29, 0.717) is 17.6 Å². The third-order valence-corrected chi connectivity index (χ3v) is 12.2. The van der Waals surface area contributed by atoms with Gasteiger partial charge in [0, 0.05) is 63.6 Å². The van der Waals surface area contributed by atoms with Crippen molar-refractivity contribution in [3.05, 3.63) is 140 Å². The molecule has 0 spiro atoms. The van der Waals surface area contributed by atoms with Crippen molar-refractivity contribution >= 4 is 91.4 Å². The van der Waals surface area contributed by atoms with E-state index in [0.717, 1.165) is 27.7 Å². The summed E-state index contributed by atoms with van der Waals surface area (Å²) in [5.41, 5.74) is 10.4. The number of para-hydroxylation sites is 1. The van der Waals surface area contributed by atoms with Gasteiger partial charge in [-0.15, -0.1) is 11.3 Å². The van der Waals surface area contributed by atoms with Crippen molar-refractivity contribution in [1.29, 1.82) is 0 Å². The van der Waals surface area contributed by atoms with Crippen molar-refractivity contribution < 1.29 is 0 Å². The molecular formula is C45H23N5S. The molecule has 0 radical (unpaired) electrons. The molecule has 0 bridgehead atoms. The van der Waals surface area contributed by atoms with Gasteiger partial charge in [0.1, 0.15) is 0 Å². The summed E-state index contributed by atoms with van der Waals surface area (Å²) in [7, 11) is 0. The summed E-state index contributed by atoms with van der Waals surface area (Å²) in [6, 6.07) is 49.8. The van der Waals surface area contributed by atoms with Gasteiger partial charge >= 0.3 is 0 Å². The van der Waals surface area contributed by atoms with Crippen LogP contribution in [0.4, 0.5) is 0 Å². The molecule has 0 unspecified atom stereocenters. The minimum atomic E-state index is 0.615. The Morgan fingerprint density at radius 3 is 1.65 bits per heavy atom. The van der Waals surface area contributed by atoms with Crippen molar-refractivity contribution in [3.8, 4) is 39.9 Å². The van der Waals surface area contributed by atoms with E-state index >= 15 is 0 Å². The van der Waals surface area contributed by atoms with Crippen molar-refractivity contribution in [1.82, 2.24) is 23.9 Å². The summed E-state index contributed by atoms with van der Waals surface area (Å²) in [5, 5.41) is 10.4. The third-order valence-electron chi connectivity index (χ3n) is 11.0. The normalized spacial score (nSPS) is 12.7. The second-order valence-electron chi connectivity index (χ2n) is 13.6. The Balaban J connectivity index is 1.16. The van der Waals surface area contributed by atoms with E-state index in [4.69, 9.17) is 15.0 Å². The average Bonchev–Trinajstić information content (AvgIpc) is 3.91. The van der Waals surface area contributed by atoms with Gasteiger partial charge in [-0.2, -0.15) is 9.97 Å². The molecule has 13 aromatic rings. The predicted octanol–water partition coefficient (Wildman–Crippen LogP) is 11.8. The van der Waals surface area contributed by atoms with E-state index in [1.807, 2.05) is 35.6 Å². The molecule has 0 fully saturated rings. The van der Waals surface area contributed by atoms with Gasteiger partial charge in [-0.05, 0) is 35.4 Å². The molecule has 234 valence electrons. The fraction of sp³-hybridized carbons (Fsp3) is 0. The lowest BCUT2D eigenvalue weighted by Gasteiger charge is -2.11. The zero-order valence-electron chi connectivity index (χ0n) is 26.9. The Morgan fingerprint density at radius 1 is 0.373 bits per heavy atom. The average molecular weight is 666 g/mol. The Labute approximate surface area is 293 Å². The molecule has 13 rings (SSSR count). The monoisotopic (exact) mass is 665 g/mol. The first kappa shape index (κ1) is 26.3. The van der Waals surface area contributed by atoms with E-state index in [1.54, 1.807) is 0 Å².